The fourth-order valence-corrected chi connectivity index (χ4v) is 2.51. The number of carbonyl (C=O) groups is 1. The molecule has 1 fully saturated rings. The molecule has 0 spiro atoms. The Bertz CT molecular complexity index is 660. The minimum atomic E-state index is -0.945. The SMILES string of the molecule is NCc1ccc(-c2nc(C3CCOC3)nn2CC(=O)O)cc1. The summed E-state index contributed by atoms with van der Waals surface area (Å²) in [5.41, 5.74) is 7.44. The molecule has 1 saturated heterocycles. The first-order valence-electron chi connectivity index (χ1n) is 7.21. The second-order valence-corrected chi connectivity index (χ2v) is 5.31. The average molecular weight is 302 g/mol. The van der Waals surface area contributed by atoms with Crippen LogP contribution in [0.1, 0.15) is 23.7 Å². The predicted octanol–water partition coefficient (Wildman–Crippen LogP) is 0.992. The van der Waals surface area contributed by atoms with E-state index in [4.69, 9.17) is 15.6 Å². The van der Waals surface area contributed by atoms with Crippen LogP contribution in [0.4, 0.5) is 0 Å². The standard InChI is InChI=1S/C15H18N4O3/c16-7-10-1-3-11(4-2-10)15-17-14(12-5-6-22-9-12)18-19(15)8-13(20)21/h1-4,12H,5-9,16H2,(H,20,21). The molecular weight excluding hydrogens is 284 g/mol. The quantitative estimate of drug-likeness (QED) is 0.853. The number of aromatic nitrogens is 3. The van der Waals surface area contributed by atoms with E-state index in [0.717, 1.165) is 17.5 Å². The molecule has 3 rings (SSSR count). The molecule has 116 valence electrons. The Balaban J connectivity index is 1.97. The molecule has 1 aliphatic heterocycles. The first kappa shape index (κ1) is 14.7. The molecule has 1 aromatic carbocycles. The van der Waals surface area contributed by atoms with E-state index in [-0.39, 0.29) is 12.5 Å². The van der Waals surface area contributed by atoms with Crippen molar-refractivity contribution in [1.29, 1.82) is 0 Å². The van der Waals surface area contributed by atoms with E-state index in [2.05, 4.69) is 10.1 Å². The molecule has 0 radical (unpaired) electrons. The van der Waals surface area contributed by atoms with Crippen LogP contribution in [0, 0.1) is 0 Å². The van der Waals surface area contributed by atoms with Crippen molar-refractivity contribution in [2.75, 3.05) is 13.2 Å². The number of ether oxygens (including phenoxy) is 1. The van der Waals surface area contributed by atoms with Gasteiger partial charge in [0.25, 0.3) is 0 Å². The average Bonchev–Trinajstić information content (AvgIpc) is 3.16. The third kappa shape index (κ3) is 3.00. The molecule has 0 aliphatic carbocycles. The minimum Gasteiger partial charge on any atom is -0.480 e. The fourth-order valence-electron chi connectivity index (χ4n) is 2.51. The Morgan fingerprint density at radius 2 is 2.18 bits per heavy atom. The van der Waals surface area contributed by atoms with Gasteiger partial charge in [-0.1, -0.05) is 24.3 Å². The third-order valence-corrected chi connectivity index (χ3v) is 3.72. The summed E-state index contributed by atoms with van der Waals surface area (Å²) in [5, 5.41) is 13.4. The maximum absolute atomic E-state index is 11.1. The van der Waals surface area contributed by atoms with Gasteiger partial charge in [0.15, 0.2) is 11.6 Å². The molecule has 1 aliphatic rings. The summed E-state index contributed by atoms with van der Waals surface area (Å²) in [7, 11) is 0. The molecule has 0 bridgehead atoms. The molecule has 1 aromatic heterocycles. The summed E-state index contributed by atoms with van der Waals surface area (Å²) < 4.78 is 6.80. The van der Waals surface area contributed by atoms with Crippen LogP contribution in [0.15, 0.2) is 24.3 Å². The maximum atomic E-state index is 11.1. The van der Waals surface area contributed by atoms with Crippen molar-refractivity contribution in [1.82, 2.24) is 14.8 Å². The van der Waals surface area contributed by atoms with Gasteiger partial charge in [-0.3, -0.25) is 4.79 Å². The molecule has 1 unspecified atom stereocenters. The van der Waals surface area contributed by atoms with E-state index >= 15 is 0 Å². The van der Waals surface area contributed by atoms with Crippen LogP contribution in [0.3, 0.4) is 0 Å². The first-order chi connectivity index (χ1) is 10.7. The van der Waals surface area contributed by atoms with Crippen LogP contribution < -0.4 is 5.73 Å². The van der Waals surface area contributed by atoms with Crippen LogP contribution in [-0.4, -0.2) is 39.1 Å². The monoisotopic (exact) mass is 302 g/mol. The van der Waals surface area contributed by atoms with Crippen LogP contribution >= 0.6 is 0 Å². The summed E-state index contributed by atoms with van der Waals surface area (Å²) in [6.07, 6.45) is 0.864. The van der Waals surface area contributed by atoms with Gasteiger partial charge in [0.2, 0.25) is 0 Å². The van der Waals surface area contributed by atoms with Crippen LogP contribution in [0.5, 0.6) is 0 Å². The number of hydrogen-bond donors (Lipinski definition) is 2. The van der Waals surface area contributed by atoms with Crippen LogP contribution in [0.2, 0.25) is 0 Å². The summed E-state index contributed by atoms with van der Waals surface area (Å²) in [6, 6.07) is 7.60. The summed E-state index contributed by atoms with van der Waals surface area (Å²) >= 11 is 0. The predicted molar refractivity (Wildman–Crippen MR) is 79.2 cm³/mol. The van der Waals surface area contributed by atoms with Crippen molar-refractivity contribution >= 4 is 5.97 Å². The first-order valence-corrected chi connectivity index (χ1v) is 7.21. The molecule has 3 N–H and O–H groups in total. The second-order valence-electron chi connectivity index (χ2n) is 5.31. The molecule has 7 heteroatoms. The van der Waals surface area contributed by atoms with E-state index in [1.54, 1.807) is 0 Å². The number of nitrogens with zero attached hydrogens (tertiary/aromatic N) is 3. The lowest BCUT2D eigenvalue weighted by molar-refractivity contribution is -0.137. The van der Waals surface area contributed by atoms with Crippen molar-refractivity contribution in [3.63, 3.8) is 0 Å². The van der Waals surface area contributed by atoms with Gasteiger partial charge in [-0.2, -0.15) is 5.10 Å². The van der Waals surface area contributed by atoms with E-state index in [9.17, 15) is 4.79 Å². The highest BCUT2D eigenvalue weighted by Crippen LogP contribution is 2.26. The highest BCUT2D eigenvalue weighted by Gasteiger charge is 2.24. The molecule has 0 saturated carbocycles. The molecule has 7 nitrogen and oxygen atoms in total. The van der Waals surface area contributed by atoms with Gasteiger partial charge in [-0.25, -0.2) is 9.67 Å². The zero-order chi connectivity index (χ0) is 15.5. The number of benzene rings is 1. The summed E-state index contributed by atoms with van der Waals surface area (Å²) in [4.78, 5) is 15.6. The summed E-state index contributed by atoms with van der Waals surface area (Å²) in [5.74, 6) is 0.403. The highest BCUT2D eigenvalue weighted by atomic mass is 16.5. The maximum Gasteiger partial charge on any atom is 0.325 e. The number of aliphatic carboxylic acids is 1. The zero-order valence-corrected chi connectivity index (χ0v) is 12.1. The minimum absolute atomic E-state index is 0.136. The second kappa shape index (κ2) is 6.25. The van der Waals surface area contributed by atoms with Gasteiger partial charge in [-0.05, 0) is 12.0 Å². The molecule has 1 atom stereocenters. The molecular formula is C15H18N4O3. The van der Waals surface area contributed by atoms with Crippen molar-refractivity contribution in [3.05, 3.63) is 35.7 Å². The van der Waals surface area contributed by atoms with Crippen molar-refractivity contribution < 1.29 is 14.6 Å². The molecule has 2 aromatic rings. The number of rotatable bonds is 5. The van der Waals surface area contributed by atoms with Crippen LogP contribution in [0.25, 0.3) is 11.4 Å². The third-order valence-electron chi connectivity index (χ3n) is 3.72. The van der Waals surface area contributed by atoms with E-state index in [0.29, 0.717) is 31.4 Å². The highest BCUT2D eigenvalue weighted by molar-refractivity contribution is 5.68. The molecule has 22 heavy (non-hydrogen) atoms. The summed E-state index contributed by atoms with van der Waals surface area (Å²) in [6.45, 7) is 1.53. The Hall–Kier alpha value is -2.25. The van der Waals surface area contributed by atoms with E-state index in [1.807, 2.05) is 24.3 Å². The molecule has 2 heterocycles. The Labute approximate surface area is 127 Å². The van der Waals surface area contributed by atoms with E-state index < -0.39 is 5.97 Å². The van der Waals surface area contributed by atoms with Crippen LogP contribution in [-0.2, 0) is 22.6 Å². The zero-order valence-electron chi connectivity index (χ0n) is 12.1. The number of nitrogens with two attached hydrogens (primary N) is 1. The Kier molecular flexibility index (Phi) is 4.17. The lowest BCUT2D eigenvalue weighted by atomic mass is 10.1. The number of carboxylic acids is 1. The molecule has 0 amide bonds. The lowest BCUT2D eigenvalue weighted by Crippen LogP contribution is -2.12. The van der Waals surface area contributed by atoms with Gasteiger partial charge < -0.3 is 15.6 Å². The van der Waals surface area contributed by atoms with E-state index in [1.165, 1.54) is 4.68 Å². The van der Waals surface area contributed by atoms with Crippen molar-refractivity contribution in [2.24, 2.45) is 5.73 Å². The van der Waals surface area contributed by atoms with Crippen molar-refractivity contribution in [3.8, 4) is 11.4 Å². The fraction of sp³-hybridized carbons (Fsp3) is 0.400. The smallest absolute Gasteiger partial charge is 0.325 e. The van der Waals surface area contributed by atoms with Crippen molar-refractivity contribution in [2.45, 2.75) is 25.4 Å². The number of carboxylic acid groups (broad SMARTS) is 1. The Morgan fingerprint density at radius 3 is 2.77 bits per heavy atom. The normalized spacial score (nSPS) is 17.8. The van der Waals surface area contributed by atoms with Gasteiger partial charge in [0.05, 0.1) is 6.61 Å². The Morgan fingerprint density at radius 1 is 1.41 bits per heavy atom. The van der Waals surface area contributed by atoms with Gasteiger partial charge in [-0.15, -0.1) is 0 Å². The number of hydrogen-bond acceptors (Lipinski definition) is 5. The van der Waals surface area contributed by atoms with Gasteiger partial charge >= 0.3 is 5.97 Å². The lowest BCUT2D eigenvalue weighted by Gasteiger charge is -2.04. The topological polar surface area (TPSA) is 103 Å². The van der Waals surface area contributed by atoms with Gasteiger partial charge in [0.1, 0.15) is 6.54 Å². The largest absolute Gasteiger partial charge is 0.480 e. The van der Waals surface area contributed by atoms with Gasteiger partial charge in [0, 0.05) is 24.6 Å².